The van der Waals surface area contributed by atoms with Crippen molar-refractivity contribution in [1.82, 2.24) is 15.2 Å². The van der Waals surface area contributed by atoms with Gasteiger partial charge in [-0.2, -0.15) is 0 Å². The molecule has 2 N–H and O–H groups in total. The first-order valence-corrected chi connectivity index (χ1v) is 15.7. The van der Waals surface area contributed by atoms with Crippen molar-refractivity contribution >= 4 is 52.1 Å². The Bertz CT molecular complexity index is 1840. The van der Waals surface area contributed by atoms with Crippen LogP contribution in [0.3, 0.4) is 0 Å². The predicted molar refractivity (Wildman–Crippen MR) is 168 cm³/mol. The molecule has 0 bridgehead atoms. The van der Waals surface area contributed by atoms with Crippen molar-refractivity contribution in [2.24, 2.45) is 0 Å². The smallest absolute Gasteiger partial charge is 0.355 e. The van der Waals surface area contributed by atoms with Gasteiger partial charge in [0.2, 0.25) is 0 Å². The Balaban J connectivity index is 1.12. The summed E-state index contributed by atoms with van der Waals surface area (Å²) in [6.07, 6.45) is 1.25. The number of H-pyrrole nitrogens is 1. The van der Waals surface area contributed by atoms with Gasteiger partial charge in [0.1, 0.15) is 35.1 Å². The van der Waals surface area contributed by atoms with Gasteiger partial charge in [0.25, 0.3) is 17.5 Å². The van der Waals surface area contributed by atoms with E-state index in [0.717, 1.165) is 22.4 Å². The molecule has 3 heterocycles. The maximum atomic E-state index is 13.2. The van der Waals surface area contributed by atoms with Crippen LogP contribution in [0, 0.1) is 10.1 Å². The monoisotopic (exact) mass is 648 g/mol. The highest BCUT2D eigenvalue weighted by molar-refractivity contribution is 8.00. The van der Waals surface area contributed by atoms with E-state index in [1.54, 1.807) is 32.9 Å². The number of carbonyl (C=O) groups is 4. The number of ether oxygens (including phenoxy) is 3. The van der Waals surface area contributed by atoms with Crippen LogP contribution < -0.4 is 10.1 Å². The van der Waals surface area contributed by atoms with E-state index < -0.39 is 40.8 Å². The van der Waals surface area contributed by atoms with E-state index in [1.165, 1.54) is 29.7 Å². The number of β-lactam (4-membered cyclic amide) rings is 1. The highest BCUT2D eigenvalue weighted by Gasteiger charge is 2.54. The fourth-order valence-corrected chi connectivity index (χ4v) is 7.29. The van der Waals surface area contributed by atoms with Crippen LogP contribution in [0.2, 0.25) is 0 Å². The average Bonchev–Trinajstić information content (AvgIpc) is 3.39. The summed E-state index contributed by atoms with van der Waals surface area (Å²) in [7, 11) is 0. The SMILES string of the molecule is CC(=O)OCC1=C(C(=O)OC(C)(C)C)N2C(=O)[C@@H](NC(=O)COc3ccc4c(c3)CCc3c-4[nH]c4cccc([N+](=O)[O-])c34)[C@H]2SC1. The Kier molecular flexibility index (Phi) is 8.00. The van der Waals surface area contributed by atoms with E-state index >= 15 is 0 Å². The summed E-state index contributed by atoms with van der Waals surface area (Å²) in [5, 5.41) is 14.4. The van der Waals surface area contributed by atoms with Gasteiger partial charge in [-0.1, -0.05) is 6.07 Å². The van der Waals surface area contributed by atoms with E-state index in [-0.39, 0.29) is 29.5 Å². The molecule has 1 fully saturated rings. The number of aromatic nitrogens is 1. The molecule has 46 heavy (non-hydrogen) atoms. The quantitative estimate of drug-likeness (QED) is 0.159. The lowest BCUT2D eigenvalue weighted by molar-refractivity contribution is -0.383. The second-order valence-corrected chi connectivity index (χ2v) is 13.3. The molecule has 2 aliphatic heterocycles. The van der Waals surface area contributed by atoms with Gasteiger partial charge < -0.3 is 24.5 Å². The zero-order valence-electron chi connectivity index (χ0n) is 25.6. The molecular formula is C32H32N4O9S. The first-order valence-electron chi connectivity index (χ1n) is 14.7. The Hall–Kier alpha value is -4.85. The average molecular weight is 649 g/mol. The van der Waals surface area contributed by atoms with E-state index in [9.17, 15) is 29.3 Å². The molecule has 1 saturated heterocycles. The van der Waals surface area contributed by atoms with Crippen molar-refractivity contribution in [3.63, 3.8) is 0 Å². The molecule has 2 amide bonds. The number of hydrogen-bond donors (Lipinski definition) is 2. The molecule has 1 aliphatic carbocycles. The van der Waals surface area contributed by atoms with Gasteiger partial charge in [0, 0.05) is 29.9 Å². The number of benzene rings is 2. The number of nitro benzene ring substituents is 1. The Morgan fingerprint density at radius 3 is 2.67 bits per heavy atom. The number of amides is 2. The van der Waals surface area contributed by atoms with E-state index in [1.807, 2.05) is 18.2 Å². The summed E-state index contributed by atoms with van der Waals surface area (Å²) in [6, 6.07) is 9.57. The van der Waals surface area contributed by atoms with Crippen LogP contribution in [0.4, 0.5) is 5.69 Å². The molecule has 0 spiro atoms. The predicted octanol–water partition coefficient (Wildman–Crippen LogP) is 3.78. The summed E-state index contributed by atoms with van der Waals surface area (Å²) in [5.74, 6) is -1.43. The third-order valence-electron chi connectivity index (χ3n) is 7.87. The molecule has 1 aromatic heterocycles. The third kappa shape index (κ3) is 5.80. The van der Waals surface area contributed by atoms with Crippen LogP contribution in [0.15, 0.2) is 47.7 Å². The molecule has 3 aliphatic rings. The van der Waals surface area contributed by atoms with Crippen LogP contribution in [0.5, 0.6) is 5.75 Å². The number of nitro groups is 1. The van der Waals surface area contributed by atoms with E-state index in [0.29, 0.717) is 40.8 Å². The number of nitrogens with one attached hydrogen (secondary N) is 2. The number of aromatic amines is 1. The molecule has 13 nitrogen and oxygen atoms in total. The molecule has 240 valence electrons. The zero-order valence-corrected chi connectivity index (χ0v) is 26.4. The number of thioether (sulfide) groups is 1. The Morgan fingerprint density at radius 2 is 1.96 bits per heavy atom. The third-order valence-corrected chi connectivity index (χ3v) is 9.21. The van der Waals surface area contributed by atoms with Gasteiger partial charge in [-0.25, -0.2) is 4.79 Å². The summed E-state index contributed by atoms with van der Waals surface area (Å²) in [4.78, 5) is 66.5. The molecule has 6 rings (SSSR count). The van der Waals surface area contributed by atoms with Crippen molar-refractivity contribution < 1.29 is 38.3 Å². The molecule has 0 radical (unpaired) electrons. The van der Waals surface area contributed by atoms with Crippen LogP contribution in [-0.4, -0.2) is 74.5 Å². The minimum absolute atomic E-state index is 0.0356. The number of aryl methyl sites for hydroxylation is 2. The zero-order chi connectivity index (χ0) is 32.9. The lowest BCUT2D eigenvalue weighted by Gasteiger charge is -2.49. The maximum Gasteiger partial charge on any atom is 0.355 e. The number of rotatable bonds is 8. The van der Waals surface area contributed by atoms with Crippen molar-refractivity contribution in [3.05, 3.63) is 68.9 Å². The van der Waals surface area contributed by atoms with Crippen molar-refractivity contribution in [3.8, 4) is 17.0 Å². The van der Waals surface area contributed by atoms with Crippen LogP contribution in [0.1, 0.15) is 38.8 Å². The minimum atomic E-state index is -0.873. The van der Waals surface area contributed by atoms with Crippen LogP contribution >= 0.6 is 11.8 Å². The van der Waals surface area contributed by atoms with Gasteiger partial charge in [-0.3, -0.25) is 29.4 Å². The number of hydrogen-bond acceptors (Lipinski definition) is 10. The van der Waals surface area contributed by atoms with Crippen LogP contribution in [-0.2, 0) is 41.5 Å². The van der Waals surface area contributed by atoms with E-state index in [2.05, 4.69) is 10.3 Å². The molecule has 14 heteroatoms. The fourth-order valence-electron chi connectivity index (χ4n) is 5.96. The highest BCUT2D eigenvalue weighted by Crippen LogP contribution is 2.43. The lowest BCUT2D eigenvalue weighted by Crippen LogP contribution is -2.71. The van der Waals surface area contributed by atoms with Gasteiger partial charge in [0.15, 0.2) is 6.61 Å². The second kappa shape index (κ2) is 11.8. The molecule has 2 aromatic carbocycles. The first kappa shape index (κ1) is 31.1. The fraction of sp³-hybridized carbons (Fsp3) is 0.375. The van der Waals surface area contributed by atoms with Crippen molar-refractivity contribution in [2.45, 2.75) is 57.6 Å². The number of esters is 2. The van der Waals surface area contributed by atoms with Crippen LogP contribution in [0.25, 0.3) is 22.2 Å². The van der Waals surface area contributed by atoms with Crippen molar-refractivity contribution in [2.75, 3.05) is 19.0 Å². The van der Waals surface area contributed by atoms with Gasteiger partial charge in [-0.15, -0.1) is 11.8 Å². The second-order valence-electron chi connectivity index (χ2n) is 12.2. The summed E-state index contributed by atoms with van der Waals surface area (Å²) < 4.78 is 16.4. The van der Waals surface area contributed by atoms with Gasteiger partial charge >= 0.3 is 11.9 Å². The molecule has 3 aromatic rings. The largest absolute Gasteiger partial charge is 0.484 e. The number of nitrogens with zero attached hydrogens (tertiary/aromatic N) is 2. The number of fused-ring (bicyclic) bond motifs is 6. The Labute approximate surface area is 267 Å². The topological polar surface area (TPSA) is 170 Å². The summed E-state index contributed by atoms with van der Waals surface area (Å²) in [6.45, 7) is 5.90. The highest BCUT2D eigenvalue weighted by atomic mass is 32.2. The van der Waals surface area contributed by atoms with Gasteiger partial charge in [-0.05, 0) is 69.0 Å². The normalized spacial score (nSPS) is 18.6. The van der Waals surface area contributed by atoms with E-state index in [4.69, 9.17) is 14.2 Å². The summed E-state index contributed by atoms with van der Waals surface area (Å²) in [5.41, 5.74) is 4.10. The lowest BCUT2D eigenvalue weighted by atomic mass is 9.88. The Morgan fingerprint density at radius 1 is 1.17 bits per heavy atom. The number of non-ortho nitro benzene ring substituents is 1. The standard InChI is InChI=1S/C32H32N4O9S/c1-16(37)43-13-18-15-46-30-27(29(39)35(30)28(18)31(40)45-32(2,3)4)34-24(38)14-44-19-9-11-20-17(12-19)8-10-21-25-22(33-26(20)21)6-5-7-23(25)36(41)42/h5-7,9,11-12,27,30,33H,8,10,13-15H2,1-4H3,(H,34,38)/t27-,30-/m1/s1. The van der Waals surface area contributed by atoms with Gasteiger partial charge in [0.05, 0.1) is 21.5 Å². The maximum absolute atomic E-state index is 13.2. The minimum Gasteiger partial charge on any atom is -0.484 e. The molecular weight excluding hydrogens is 616 g/mol. The first-order chi connectivity index (χ1) is 21.8. The number of carbonyl (C=O) groups excluding carboxylic acids is 4. The summed E-state index contributed by atoms with van der Waals surface area (Å²) >= 11 is 1.35. The molecule has 0 unspecified atom stereocenters. The van der Waals surface area contributed by atoms with Crippen molar-refractivity contribution in [1.29, 1.82) is 0 Å². The molecule has 2 atom stereocenters. The molecule has 0 saturated carbocycles.